The van der Waals surface area contributed by atoms with E-state index in [2.05, 4.69) is 11.6 Å². The third-order valence-electron chi connectivity index (χ3n) is 2.57. The van der Waals surface area contributed by atoms with Crippen LogP contribution in [-0.4, -0.2) is 4.98 Å². The van der Waals surface area contributed by atoms with Crippen molar-refractivity contribution in [3.8, 4) is 18.2 Å². The van der Waals surface area contributed by atoms with E-state index in [4.69, 9.17) is 11.6 Å². The van der Waals surface area contributed by atoms with Crippen LogP contribution >= 0.6 is 11.6 Å². The molecule has 1 atom stereocenters. The van der Waals surface area contributed by atoms with Gasteiger partial charge in [0.15, 0.2) is 5.41 Å². The Balaban J connectivity index is 3.29. The highest BCUT2D eigenvalue weighted by atomic mass is 35.5. The van der Waals surface area contributed by atoms with E-state index in [1.54, 1.807) is 6.07 Å². The molecule has 0 bridgehead atoms. The Bertz CT molecular complexity index is 543. The van der Waals surface area contributed by atoms with Crippen LogP contribution in [0.4, 0.5) is 0 Å². The molecule has 0 aliphatic heterocycles. The van der Waals surface area contributed by atoms with Crippen LogP contribution in [0.15, 0.2) is 31.0 Å². The van der Waals surface area contributed by atoms with Gasteiger partial charge < -0.3 is 0 Å². The highest BCUT2D eigenvalue weighted by Crippen LogP contribution is 2.38. The number of hydrogen-bond donors (Lipinski definition) is 0. The van der Waals surface area contributed by atoms with E-state index >= 15 is 0 Å². The first-order valence-corrected chi connectivity index (χ1v) is 5.46. The summed E-state index contributed by atoms with van der Waals surface area (Å²) < 4.78 is 0. The van der Waals surface area contributed by atoms with Crippen LogP contribution in [0, 0.1) is 39.4 Å². The zero-order valence-corrected chi connectivity index (χ0v) is 10.2. The zero-order valence-electron chi connectivity index (χ0n) is 9.47. The maximum atomic E-state index is 9.23. The summed E-state index contributed by atoms with van der Waals surface area (Å²) in [5, 5.41) is 27.9. The van der Waals surface area contributed by atoms with Crippen LogP contribution in [0.5, 0.6) is 0 Å². The van der Waals surface area contributed by atoms with Gasteiger partial charge in [0.2, 0.25) is 0 Å². The first-order valence-electron chi connectivity index (χ1n) is 5.08. The predicted molar refractivity (Wildman–Crippen MR) is 66.1 cm³/mol. The molecule has 0 N–H and O–H groups in total. The molecule has 0 aliphatic carbocycles. The summed E-state index contributed by atoms with van der Waals surface area (Å²) in [7, 11) is 0. The van der Waals surface area contributed by atoms with Gasteiger partial charge in [-0.25, -0.2) is 4.98 Å². The van der Waals surface area contributed by atoms with Crippen molar-refractivity contribution in [2.75, 3.05) is 0 Å². The van der Waals surface area contributed by atoms with E-state index in [1.165, 1.54) is 18.3 Å². The van der Waals surface area contributed by atoms with Crippen molar-refractivity contribution in [2.45, 2.75) is 12.3 Å². The lowest BCUT2D eigenvalue weighted by Gasteiger charge is -2.22. The molecule has 1 unspecified atom stereocenters. The zero-order chi connectivity index (χ0) is 13.6. The second kappa shape index (κ2) is 5.82. The first-order chi connectivity index (χ1) is 8.63. The molecule has 0 aromatic carbocycles. The fourth-order valence-corrected chi connectivity index (χ4v) is 1.73. The summed E-state index contributed by atoms with van der Waals surface area (Å²) in [5.41, 5.74) is -0.960. The number of halogens is 1. The monoisotopic (exact) mass is 256 g/mol. The van der Waals surface area contributed by atoms with Gasteiger partial charge in [0.25, 0.3) is 0 Å². The van der Waals surface area contributed by atoms with Crippen molar-refractivity contribution in [1.29, 1.82) is 15.8 Å². The Morgan fingerprint density at radius 1 is 1.39 bits per heavy atom. The molecule has 0 fully saturated rings. The first kappa shape index (κ1) is 13.7. The smallest absolute Gasteiger partial charge is 0.167 e. The normalized spacial score (nSPS) is 11.7. The van der Waals surface area contributed by atoms with Gasteiger partial charge in [-0.05, 0) is 18.1 Å². The Labute approximate surface area is 110 Å². The Hall–Kier alpha value is -2.35. The van der Waals surface area contributed by atoms with Gasteiger partial charge in [-0.3, -0.25) is 0 Å². The largest absolute Gasteiger partial charge is 0.244 e. The van der Waals surface area contributed by atoms with E-state index in [9.17, 15) is 15.8 Å². The molecule has 88 valence electrons. The lowest BCUT2D eigenvalue weighted by Crippen LogP contribution is -2.24. The number of pyridine rings is 1. The van der Waals surface area contributed by atoms with Gasteiger partial charge in [-0.2, -0.15) is 15.8 Å². The molecule has 18 heavy (non-hydrogen) atoms. The fourth-order valence-electron chi connectivity index (χ4n) is 1.62. The van der Waals surface area contributed by atoms with Crippen molar-refractivity contribution in [3.63, 3.8) is 0 Å². The van der Waals surface area contributed by atoms with E-state index in [-0.39, 0.29) is 6.42 Å². The summed E-state index contributed by atoms with van der Waals surface area (Å²) in [6, 6.07) is 8.93. The minimum absolute atomic E-state index is 0.112. The molecule has 0 spiro atoms. The van der Waals surface area contributed by atoms with Crippen molar-refractivity contribution >= 4 is 11.6 Å². The minimum atomic E-state index is -1.45. The molecule has 0 saturated heterocycles. The summed E-state index contributed by atoms with van der Waals surface area (Å²) in [6.07, 6.45) is 2.98. The molecule has 1 aromatic rings. The number of hydrogen-bond acceptors (Lipinski definition) is 4. The number of nitrogens with zero attached hydrogens (tertiary/aromatic N) is 4. The Morgan fingerprint density at radius 3 is 2.44 bits per heavy atom. The maximum absolute atomic E-state index is 9.23. The topological polar surface area (TPSA) is 84.3 Å². The number of rotatable bonds is 4. The van der Waals surface area contributed by atoms with E-state index in [1.807, 2.05) is 18.2 Å². The number of nitriles is 3. The molecule has 0 aliphatic rings. The van der Waals surface area contributed by atoms with Gasteiger partial charge in [-0.1, -0.05) is 23.7 Å². The standard InChI is InChI=1S/C13H9ClN4/c1-2-5-13(8-16,9-17)11(6-15)10-3-4-12(14)18-7-10/h2-4,7,11H,1,5H2. The molecule has 0 amide bonds. The summed E-state index contributed by atoms with van der Waals surface area (Å²) in [5.74, 6) is -0.893. The van der Waals surface area contributed by atoms with Crippen LogP contribution < -0.4 is 0 Å². The Morgan fingerprint density at radius 2 is 2.06 bits per heavy atom. The minimum Gasteiger partial charge on any atom is -0.244 e. The molecule has 5 heteroatoms. The molecule has 1 heterocycles. The third-order valence-corrected chi connectivity index (χ3v) is 2.79. The van der Waals surface area contributed by atoms with Crippen LogP contribution in [0.3, 0.4) is 0 Å². The molecule has 0 radical (unpaired) electrons. The van der Waals surface area contributed by atoms with E-state index in [0.717, 1.165) is 0 Å². The van der Waals surface area contributed by atoms with Crippen molar-refractivity contribution < 1.29 is 0 Å². The second-order valence-corrected chi connectivity index (χ2v) is 4.05. The van der Waals surface area contributed by atoms with Crippen LogP contribution in [0.2, 0.25) is 5.15 Å². The van der Waals surface area contributed by atoms with Crippen molar-refractivity contribution in [2.24, 2.45) is 5.41 Å². The molecular formula is C13H9ClN4. The maximum Gasteiger partial charge on any atom is 0.167 e. The van der Waals surface area contributed by atoms with Gasteiger partial charge in [0.05, 0.1) is 18.2 Å². The fraction of sp³-hybridized carbons (Fsp3) is 0.231. The molecule has 4 nitrogen and oxygen atoms in total. The highest BCUT2D eigenvalue weighted by Gasteiger charge is 2.40. The number of allylic oxidation sites excluding steroid dienone is 1. The van der Waals surface area contributed by atoms with Gasteiger partial charge >= 0.3 is 0 Å². The van der Waals surface area contributed by atoms with Gasteiger partial charge in [0, 0.05) is 6.20 Å². The average molecular weight is 257 g/mol. The molecular weight excluding hydrogens is 248 g/mol. The van der Waals surface area contributed by atoms with E-state index in [0.29, 0.717) is 10.7 Å². The number of aromatic nitrogens is 1. The Kier molecular flexibility index (Phi) is 4.44. The van der Waals surface area contributed by atoms with Crippen molar-refractivity contribution in [3.05, 3.63) is 41.7 Å². The van der Waals surface area contributed by atoms with Crippen LogP contribution in [-0.2, 0) is 0 Å². The SMILES string of the molecule is C=CCC(C#N)(C#N)C(C#N)c1ccc(Cl)nc1. The molecule has 1 rings (SSSR count). The summed E-state index contributed by atoms with van der Waals surface area (Å²) in [4.78, 5) is 3.86. The lowest BCUT2D eigenvalue weighted by atomic mass is 9.73. The van der Waals surface area contributed by atoms with Gasteiger partial charge in [-0.15, -0.1) is 6.58 Å². The summed E-state index contributed by atoms with van der Waals surface area (Å²) in [6.45, 7) is 3.52. The summed E-state index contributed by atoms with van der Waals surface area (Å²) >= 11 is 5.66. The second-order valence-electron chi connectivity index (χ2n) is 3.66. The lowest BCUT2D eigenvalue weighted by molar-refractivity contribution is 0.479. The highest BCUT2D eigenvalue weighted by molar-refractivity contribution is 6.29. The predicted octanol–water partition coefficient (Wildman–Crippen LogP) is 2.95. The molecule has 1 aromatic heterocycles. The quantitative estimate of drug-likeness (QED) is 0.612. The van der Waals surface area contributed by atoms with Crippen molar-refractivity contribution in [1.82, 2.24) is 4.98 Å². The van der Waals surface area contributed by atoms with Crippen LogP contribution in [0.25, 0.3) is 0 Å². The van der Waals surface area contributed by atoms with Gasteiger partial charge in [0.1, 0.15) is 11.1 Å². The van der Waals surface area contributed by atoms with E-state index < -0.39 is 11.3 Å². The third kappa shape index (κ3) is 2.48. The molecule has 0 saturated carbocycles. The average Bonchev–Trinajstić information content (AvgIpc) is 2.40. The van der Waals surface area contributed by atoms with Crippen LogP contribution in [0.1, 0.15) is 17.9 Å².